The van der Waals surface area contributed by atoms with E-state index in [9.17, 15) is 4.79 Å². The topological polar surface area (TPSA) is 32.8 Å². The summed E-state index contributed by atoms with van der Waals surface area (Å²) in [6.07, 6.45) is 3.96. The molecular weight excluding hydrogens is 228 g/mol. The van der Waals surface area contributed by atoms with Crippen LogP contribution in [0.15, 0.2) is 0 Å². The van der Waals surface area contributed by atoms with E-state index in [1.165, 1.54) is 12.8 Å². The molecule has 0 aromatic heterocycles. The van der Waals surface area contributed by atoms with Gasteiger partial charge in [0.1, 0.15) is 0 Å². The summed E-state index contributed by atoms with van der Waals surface area (Å²) in [5.41, 5.74) is 0. The number of amides is 1. The van der Waals surface area contributed by atoms with Crippen LogP contribution in [0.2, 0.25) is 0 Å². The summed E-state index contributed by atoms with van der Waals surface area (Å²) in [5, 5.41) is 0. The van der Waals surface area contributed by atoms with Crippen LogP contribution in [-0.2, 0) is 9.53 Å². The average molecular weight is 252 g/mol. The van der Waals surface area contributed by atoms with Gasteiger partial charge in [-0.25, -0.2) is 0 Å². The molecule has 0 bridgehead atoms. The first-order valence-electron chi connectivity index (χ1n) is 7.37. The molecule has 0 unspecified atom stereocenters. The van der Waals surface area contributed by atoms with Gasteiger partial charge in [-0.05, 0) is 25.2 Å². The Morgan fingerprint density at radius 2 is 2.00 bits per heavy atom. The molecule has 0 aromatic rings. The maximum absolute atomic E-state index is 12.1. The minimum absolute atomic E-state index is 0.342. The van der Waals surface area contributed by atoms with Crippen LogP contribution in [-0.4, -0.2) is 61.1 Å². The van der Waals surface area contributed by atoms with Crippen LogP contribution in [0, 0.1) is 11.8 Å². The van der Waals surface area contributed by atoms with Gasteiger partial charge in [0.2, 0.25) is 5.91 Å². The molecule has 1 saturated carbocycles. The fourth-order valence-electron chi connectivity index (χ4n) is 3.13. The van der Waals surface area contributed by atoms with Gasteiger partial charge in [-0.15, -0.1) is 0 Å². The quantitative estimate of drug-likeness (QED) is 0.750. The molecule has 4 heteroatoms. The molecule has 102 valence electrons. The van der Waals surface area contributed by atoms with E-state index in [0.717, 1.165) is 45.8 Å². The fraction of sp³-hybridized carbons (Fsp3) is 0.929. The molecular formula is C14H24N2O2. The second-order valence-electron chi connectivity index (χ2n) is 6.08. The Kier molecular flexibility index (Phi) is 3.57. The van der Waals surface area contributed by atoms with Crippen LogP contribution in [0.1, 0.15) is 26.2 Å². The first-order chi connectivity index (χ1) is 8.74. The van der Waals surface area contributed by atoms with Gasteiger partial charge in [0.05, 0.1) is 6.10 Å². The summed E-state index contributed by atoms with van der Waals surface area (Å²) in [5.74, 6) is 1.37. The van der Waals surface area contributed by atoms with Crippen molar-refractivity contribution < 1.29 is 9.53 Å². The van der Waals surface area contributed by atoms with Crippen LogP contribution in [0.3, 0.4) is 0 Å². The van der Waals surface area contributed by atoms with Crippen molar-refractivity contribution in [1.82, 2.24) is 9.80 Å². The number of carbonyl (C=O) groups excluding carboxylic acids is 1. The second-order valence-corrected chi connectivity index (χ2v) is 6.08. The second kappa shape index (κ2) is 5.17. The zero-order chi connectivity index (χ0) is 12.5. The van der Waals surface area contributed by atoms with Crippen LogP contribution >= 0.6 is 0 Å². The van der Waals surface area contributed by atoms with Gasteiger partial charge >= 0.3 is 0 Å². The first-order valence-corrected chi connectivity index (χ1v) is 7.37. The number of ether oxygens (including phenoxy) is 1. The summed E-state index contributed by atoms with van der Waals surface area (Å²) >= 11 is 0. The Hall–Kier alpha value is -0.610. The minimum Gasteiger partial charge on any atom is -0.377 e. The van der Waals surface area contributed by atoms with E-state index in [0.29, 0.717) is 23.8 Å². The first kappa shape index (κ1) is 12.4. The number of hydrogen-bond acceptors (Lipinski definition) is 3. The standard InChI is InChI=1S/C14H24N2O2/c1-11-9-13(11)14(17)16-6-4-15(5-7-16)10-12-3-2-8-18-12/h11-13H,2-10H2,1H3/t11-,12-,13+/m1/s1. The Balaban J connectivity index is 1.41. The van der Waals surface area contributed by atoms with Crippen molar-refractivity contribution in [2.24, 2.45) is 11.8 Å². The monoisotopic (exact) mass is 252 g/mol. The highest BCUT2D eigenvalue weighted by Gasteiger charge is 2.42. The van der Waals surface area contributed by atoms with Crippen molar-refractivity contribution in [3.05, 3.63) is 0 Å². The number of rotatable bonds is 3. The third-order valence-corrected chi connectivity index (χ3v) is 4.60. The van der Waals surface area contributed by atoms with Crippen molar-refractivity contribution in [2.75, 3.05) is 39.3 Å². The summed E-state index contributed by atoms with van der Waals surface area (Å²) in [7, 11) is 0. The molecule has 3 aliphatic rings. The maximum atomic E-state index is 12.1. The minimum atomic E-state index is 0.342. The Morgan fingerprint density at radius 3 is 2.56 bits per heavy atom. The molecule has 2 saturated heterocycles. The van der Waals surface area contributed by atoms with Gasteiger partial charge in [0, 0.05) is 45.2 Å². The number of piperazine rings is 1. The molecule has 3 rings (SSSR count). The van der Waals surface area contributed by atoms with Crippen LogP contribution in [0.25, 0.3) is 0 Å². The lowest BCUT2D eigenvalue weighted by atomic mass is 10.2. The molecule has 0 spiro atoms. The van der Waals surface area contributed by atoms with E-state index in [1.54, 1.807) is 0 Å². The Bertz CT molecular complexity index is 307. The summed E-state index contributed by atoms with van der Waals surface area (Å²) < 4.78 is 5.67. The molecule has 4 nitrogen and oxygen atoms in total. The highest BCUT2D eigenvalue weighted by molar-refractivity contribution is 5.81. The van der Waals surface area contributed by atoms with Crippen molar-refractivity contribution >= 4 is 5.91 Å². The Labute approximate surface area is 109 Å². The zero-order valence-electron chi connectivity index (χ0n) is 11.3. The van der Waals surface area contributed by atoms with Crippen LogP contribution in [0.5, 0.6) is 0 Å². The number of nitrogens with zero attached hydrogens (tertiary/aromatic N) is 2. The smallest absolute Gasteiger partial charge is 0.226 e. The maximum Gasteiger partial charge on any atom is 0.226 e. The number of hydrogen-bond donors (Lipinski definition) is 0. The third kappa shape index (κ3) is 2.69. The van der Waals surface area contributed by atoms with E-state index >= 15 is 0 Å². The molecule has 0 N–H and O–H groups in total. The highest BCUT2D eigenvalue weighted by Crippen LogP contribution is 2.39. The third-order valence-electron chi connectivity index (χ3n) is 4.60. The fourth-order valence-corrected chi connectivity index (χ4v) is 3.13. The largest absolute Gasteiger partial charge is 0.377 e. The van der Waals surface area contributed by atoms with Crippen molar-refractivity contribution in [2.45, 2.75) is 32.3 Å². The van der Waals surface area contributed by atoms with Gasteiger partial charge in [-0.2, -0.15) is 0 Å². The summed E-state index contributed by atoms with van der Waals surface area (Å²) in [6, 6.07) is 0. The van der Waals surface area contributed by atoms with Gasteiger partial charge < -0.3 is 9.64 Å². The van der Waals surface area contributed by atoms with E-state index in [-0.39, 0.29) is 0 Å². The predicted molar refractivity (Wildman–Crippen MR) is 69.3 cm³/mol. The lowest BCUT2D eigenvalue weighted by Crippen LogP contribution is -2.50. The zero-order valence-corrected chi connectivity index (χ0v) is 11.3. The SMILES string of the molecule is C[C@@H]1C[C@@H]1C(=O)N1CCN(C[C@H]2CCCO2)CC1. The molecule has 1 amide bonds. The van der Waals surface area contributed by atoms with Crippen LogP contribution < -0.4 is 0 Å². The normalized spacial score (nSPS) is 36.9. The van der Waals surface area contributed by atoms with Crippen molar-refractivity contribution in [3.63, 3.8) is 0 Å². The molecule has 2 aliphatic heterocycles. The molecule has 18 heavy (non-hydrogen) atoms. The molecule has 1 aliphatic carbocycles. The molecule has 2 heterocycles. The van der Waals surface area contributed by atoms with Crippen LogP contribution in [0.4, 0.5) is 0 Å². The predicted octanol–water partition coefficient (Wildman–Crippen LogP) is 0.966. The lowest BCUT2D eigenvalue weighted by molar-refractivity contribution is -0.134. The van der Waals surface area contributed by atoms with E-state index in [2.05, 4.69) is 16.7 Å². The molecule has 3 atom stereocenters. The van der Waals surface area contributed by atoms with Crippen molar-refractivity contribution in [1.29, 1.82) is 0 Å². The van der Waals surface area contributed by atoms with Gasteiger partial charge in [-0.1, -0.05) is 6.92 Å². The average Bonchev–Trinajstić information content (AvgIpc) is 2.89. The van der Waals surface area contributed by atoms with Crippen molar-refractivity contribution in [3.8, 4) is 0 Å². The highest BCUT2D eigenvalue weighted by atomic mass is 16.5. The van der Waals surface area contributed by atoms with E-state index < -0.39 is 0 Å². The summed E-state index contributed by atoms with van der Waals surface area (Å²) in [6.45, 7) is 8.03. The molecule has 3 fully saturated rings. The number of carbonyl (C=O) groups is 1. The van der Waals surface area contributed by atoms with E-state index in [1.807, 2.05) is 0 Å². The van der Waals surface area contributed by atoms with E-state index in [4.69, 9.17) is 4.74 Å². The Morgan fingerprint density at radius 1 is 1.28 bits per heavy atom. The summed E-state index contributed by atoms with van der Waals surface area (Å²) in [4.78, 5) is 16.6. The van der Waals surface area contributed by atoms with Gasteiger partial charge in [0.25, 0.3) is 0 Å². The lowest BCUT2D eigenvalue weighted by Gasteiger charge is -2.35. The van der Waals surface area contributed by atoms with Gasteiger partial charge in [0.15, 0.2) is 0 Å². The molecule has 0 radical (unpaired) electrons. The van der Waals surface area contributed by atoms with Gasteiger partial charge in [-0.3, -0.25) is 9.69 Å². The molecule has 0 aromatic carbocycles.